The average molecular weight is 388 g/mol. The van der Waals surface area contributed by atoms with Gasteiger partial charge < -0.3 is 10.2 Å². The van der Waals surface area contributed by atoms with Crippen LogP contribution in [0.3, 0.4) is 0 Å². The summed E-state index contributed by atoms with van der Waals surface area (Å²) in [6, 6.07) is 5.65. The third kappa shape index (κ3) is 5.87. The molecule has 0 saturated carbocycles. The fourth-order valence-electron chi connectivity index (χ4n) is 3.09. The van der Waals surface area contributed by atoms with Crippen LogP contribution in [0.15, 0.2) is 24.3 Å². The number of nitrogens with zero attached hydrogens (tertiary/aromatic N) is 2. The number of likely N-dealkylation sites (tertiary alicyclic amines) is 1. The number of hydrogen-bond acceptors (Lipinski definition) is 4. The first-order valence-electron chi connectivity index (χ1n) is 8.54. The van der Waals surface area contributed by atoms with Gasteiger partial charge in [-0.15, -0.1) is 0 Å². The third-order valence-corrected chi connectivity index (χ3v) is 5.78. The molecular weight excluding hydrogens is 362 g/mol. The molecule has 1 aromatic rings. The van der Waals surface area contributed by atoms with Crippen LogP contribution < -0.4 is 9.62 Å². The Balaban J connectivity index is 1.96. The van der Waals surface area contributed by atoms with E-state index >= 15 is 0 Å². The maximum atomic E-state index is 12.4. The number of nitrogens with one attached hydrogen (secondary N) is 1. The maximum absolute atomic E-state index is 12.4. The highest BCUT2D eigenvalue weighted by Crippen LogP contribution is 2.24. The van der Waals surface area contributed by atoms with Crippen molar-refractivity contribution in [1.82, 2.24) is 10.2 Å². The quantitative estimate of drug-likeness (QED) is 0.693. The van der Waals surface area contributed by atoms with Crippen molar-refractivity contribution in [2.45, 2.75) is 32.2 Å². The van der Waals surface area contributed by atoms with Gasteiger partial charge >= 0.3 is 0 Å². The molecule has 0 unspecified atom stereocenters. The Bertz CT molecular complexity index is 690. The van der Waals surface area contributed by atoms with Crippen LogP contribution in [0.5, 0.6) is 0 Å². The van der Waals surface area contributed by atoms with Crippen LogP contribution in [0.2, 0.25) is 5.02 Å². The van der Waals surface area contributed by atoms with E-state index in [0.717, 1.165) is 36.6 Å². The summed E-state index contributed by atoms with van der Waals surface area (Å²) in [5.41, 5.74) is 0.384. The molecular formula is C17H26ClN3O3S. The summed E-state index contributed by atoms with van der Waals surface area (Å²) in [5, 5.41) is 3.26. The van der Waals surface area contributed by atoms with Crippen LogP contribution >= 0.6 is 11.6 Å². The molecule has 2 rings (SSSR count). The summed E-state index contributed by atoms with van der Waals surface area (Å²) < 4.78 is 25.5. The molecule has 1 saturated heterocycles. The highest BCUT2D eigenvalue weighted by Gasteiger charge is 2.29. The van der Waals surface area contributed by atoms with Crippen molar-refractivity contribution in [1.29, 1.82) is 0 Å². The summed E-state index contributed by atoms with van der Waals surface area (Å²) in [5.74, 6) is -0.313. The Kier molecular flexibility index (Phi) is 7.10. The molecule has 0 aromatic heterocycles. The molecule has 140 valence electrons. The molecule has 0 spiro atoms. The Labute approximate surface area is 155 Å². The second kappa shape index (κ2) is 8.87. The molecule has 1 amide bonds. The first-order chi connectivity index (χ1) is 11.8. The summed E-state index contributed by atoms with van der Waals surface area (Å²) in [7, 11) is -3.62. The zero-order valence-corrected chi connectivity index (χ0v) is 16.3. The van der Waals surface area contributed by atoms with Crippen molar-refractivity contribution in [3.8, 4) is 0 Å². The standard InChI is InChI=1S/C17H26ClN3O3S/c1-14(17(22)19-9-6-12-20-10-3-4-11-20)21(25(2,23)24)16-8-5-7-15(18)13-16/h5,7-8,13-14H,3-4,6,9-12H2,1-2H3,(H,19,22)/t14-/m1/s1. The lowest BCUT2D eigenvalue weighted by Crippen LogP contribution is -2.48. The molecule has 0 aliphatic carbocycles. The first-order valence-corrected chi connectivity index (χ1v) is 10.8. The normalized spacial score (nSPS) is 16.6. The summed E-state index contributed by atoms with van der Waals surface area (Å²) >= 11 is 5.96. The van der Waals surface area contributed by atoms with E-state index in [1.807, 2.05) is 0 Å². The Hall–Kier alpha value is -1.31. The van der Waals surface area contributed by atoms with Crippen molar-refractivity contribution in [2.75, 3.05) is 36.7 Å². The van der Waals surface area contributed by atoms with Gasteiger partial charge in [0.1, 0.15) is 6.04 Å². The smallest absolute Gasteiger partial charge is 0.243 e. The lowest BCUT2D eigenvalue weighted by molar-refractivity contribution is -0.121. The molecule has 25 heavy (non-hydrogen) atoms. The van der Waals surface area contributed by atoms with E-state index < -0.39 is 16.1 Å². The molecule has 1 N–H and O–H groups in total. The second-order valence-electron chi connectivity index (χ2n) is 6.41. The lowest BCUT2D eigenvalue weighted by atomic mass is 10.2. The largest absolute Gasteiger partial charge is 0.354 e. The Morgan fingerprint density at radius 3 is 2.64 bits per heavy atom. The monoisotopic (exact) mass is 387 g/mol. The zero-order chi connectivity index (χ0) is 18.4. The summed E-state index contributed by atoms with van der Waals surface area (Å²) in [6.45, 7) is 5.32. The number of amides is 1. The number of carbonyl (C=O) groups is 1. The van der Waals surface area contributed by atoms with Gasteiger partial charge in [0.15, 0.2) is 0 Å². The van der Waals surface area contributed by atoms with Gasteiger partial charge in [-0.05, 0) is 64.0 Å². The second-order valence-corrected chi connectivity index (χ2v) is 8.70. The van der Waals surface area contributed by atoms with Gasteiger partial charge in [0.2, 0.25) is 15.9 Å². The highest BCUT2D eigenvalue weighted by molar-refractivity contribution is 7.92. The molecule has 1 aliphatic heterocycles. The van der Waals surface area contributed by atoms with Crippen molar-refractivity contribution in [2.24, 2.45) is 0 Å². The van der Waals surface area contributed by atoms with Crippen LogP contribution in [-0.4, -0.2) is 57.7 Å². The SMILES string of the molecule is C[C@H](C(=O)NCCCN1CCCC1)N(c1cccc(Cl)c1)S(C)(=O)=O. The van der Waals surface area contributed by atoms with Crippen LogP contribution in [0.4, 0.5) is 5.69 Å². The van der Waals surface area contributed by atoms with E-state index in [1.54, 1.807) is 31.2 Å². The predicted molar refractivity (Wildman–Crippen MR) is 102 cm³/mol. The van der Waals surface area contributed by atoms with E-state index in [2.05, 4.69) is 10.2 Å². The van der Waals surface area contributed by atoms with Crippen LogP contribution in [0.25, 0.3) is 0 Å². The van der Waals surface area contributed by atoms with Gasteiger partial charge in [0, 0.05) is 11.6 Å². The average Bonchev–Trinajstić information content (AvgIpc) is 3.03. The fourth-order valence-corrected chi connectivity index (χ4v) is 4.44. The van der Waals surface area contributed by atoms with Gasteiger partial charge in [-0.1, -0.05) is 17.7 Å². The number of rotatable bonds is 8. The number of sulfonamides is 1. The Morgan fingerprint density at radius 2 is 2.04 bits per heavy atom. The van der Waals surface area contributed by atoms with Gasteiger partial charge in [-0.25, -0.2) is 8.42 Å². The molecule has 1 aliphatic rings. The summed E-state index contributed by atoms with van der Waals surface area (Å²) in [6.07, 6.45) is 4.43. The van der Waals surface area contributed by atoms with Gasteiger partial charge in [0.05, 0.1) is 11.9 Å². The lowest BCUT2D eigenvalue weighted by Gasteiger charge is -2.28. The molecule has 1 aromatic carbocycles. The van der Waals surface area contributed by atoms with Crippen molar-refractivity contribution >= 4 is 33.2 Å². The van der Waals surface area contributed by atoms with Crippen LogP contribution in [-0.2, 0) is 14.8 Å². The van der Waals surface area contributed by atoms with Gasteiger partial charge in [-0.3, -0.25) is 9.10 Å². The van der Waals surface area contributed by atoms with Crippen molar-refractivity contribution in [3.05, 3.63) is 29.3 Å². The zero-order valence-electron chi connectivity index (χ0n) is 14.7. The minimum atomic E-state index is -3.62. The van der Waals surface area contributed by atoms with E-state index in [9.17, 15) is 13.2 Å². The molecule has 1 atom stereocenters. The highest BCUT2D eigenvalue weighted by atomic mass is 35.5. The molecule has 0 radical (unpaired) electrons. The van der Waals surface area contributed by atoms with Gasteiger partial charge in [-0.2, -0.15) is 0 Å². The molecule has 6 nitrogen and oxygen atoms in total. The van der Waals surface area contributed by atoms with E-state index in [0.29, 0.717) is 17.3 Å². The fraction of sp³-hybridized carbons (Fsp3) is 0.588. The third-order valence-electron chi connectivity index (χ3n) is 4.30. The first kappa shape index (κ1) is 20.0. The number of benzene rings is 1. The molecule has 1 heterocycles. The minimum Gasteiger partial charge on any atom is -0.354 e. The summed E-state index contributed by atoms with van der Waals surface area (Å²) in [4.78, 5) is 14.8. The van der Waals surface area contributed by atoms with E-state index in [1.165, 1.54) is 12.8 Å². The number of carbonyl (C=O) groups excluding carboxylic acids is 1. The van der Waals surface area contributed by atoms with E-state index in [-0.39, 0.29) is 5.91 Å². The molecule has 1 fully saturated rings. The van der Waals surface area contributed by atoms with Crippen molar-refractivity contribution in [3.63, 3.8) is 0 Å². The van der Waals surface area contributed by atoms with Gasteiger partial charge in [0.25, 0.3) is 0 Å². The minimum absolute atomic E-state index is 0.313. The van der Waals surface area contributed by atoms with E-state index in [4.69, 9.17) is 11.6 Å². The van der Waals surface area contributed by atoms with Crippen LogP contribution in [0.1, 0.15) is 26.2 Å². The van der Waals surface area contributed by atoms with Crippen molar-refractivity contribution < 1.29 is 13.2 Å². The molecule has 0 bridgehead atoms. The predicted octanol–water partition coefficient (Wildman–Crippen LogP) is 2.10. The van der Waals surface area contributed by atoms with Crippen LogP contribution in [0, 0.1) is 0 Å². The number of hydrogen-bond donors (Lipinski definition) is 1. The maximum Gasteiger partial charge on any atom is 0.243 e. The Morgan fingerprint density at radius 1 is 1.36 bits per heavy atom. The topological polar surface area (TPSA) is 69.7 Å². The number of halogens is 1. The molecule has 8 heteroatoms. The number of anilines is 1.